The van der Waals surface area contributed by atoms with E-state index in [0.29, 0.717) is 48.5 Å². The van der Waals surface area contributed by atoms with Gasteiger partial charge in [-0.05, 0) is 42.8 Å². The van der Waals surface area contributed by atoms with Crippen molar-refractivity contribution in [2.45, 2.75) is 31.8 Å². The molecule has 3 heterocycles. The largest absolute Gasteiger partial charge is 0.491 e. The van der Waals surface area contributed by atoms with Crippen LogP contribution in [0.1, 0.15) is 18.9 Å². The Balaban J connectivity index is 1.10. The highest BCUT2D eigenvalue weighted by molar-refractivity contribution is 6.35. The number of urea groups is 1. The minimum absolute atomic E-state index is 0.0930. The van der Waals surface area contributed by atoms with Crippen molar-refractivity contribution in [1.29, 1.82) is 0 Å². The molecule has 2 N–H and O–H groups in total. The minimum Gasteiger partial charge on any atom is -0.491 e. The van der Waals surface area contributed by atoms with Crippen LogP contribution in [0.4, 0.5) is 10.5 Å². The van der Waals surface area contributed by atoms with Crippen molar-refractivity contribution in [3.8, 4) is 5.75 Å². The number of anilines is 1. The summed E-state index contributed by atoms with van der Waals surface area (Å²) in [6.07, 6.45) is 5.93. The van der Waals surface area contributed by atoms with Gasteiger partial charge in [-0.15, -0.1) is 0 Å². The smallest absolute Gasteiger partial charge is 0.314 e. The number of rotatable bonds is 12. The third kappa shape index (κ3) is 7.87. The molecule has 0 bridgehead atoms. The maximum atomic E-state index is 11.7. The van der Waals surface area contributed by atoms with Crippen LogP contribution in [0.2, 0.25) is 10.0 Å². The molecular weight excluding hydrogens is 579 g/mol. The second-order valence-electron chi connectivity index (χ2n) is 10.5. The van der Waals surface area contributed by atoms with Gasteiger partial charge in [0, 0.05) is 74.5 Å². The Kier molecular flexibility index (Phi) is 10.5. The molecule has 2 aliphatic heterocycles. The molecule has 2 unspecified atom stereocenters. The number of benzene rings is 2. The molecule has 0 saturated carbocycles. The van der Waals surface area contributed by atoms with Gasteiger partial charge < -0.3 is 34.3 Å². The maximum Gasteiger partial charge on any atom is 0.314 e. The third-order valence-electron chi connectivity index (χ3n) is 7.41. The van der Waals surface area contributed by atoms with Gasteiger partial charge >= 0.3 is 6.03 Å². The van der Waals surface area contributed by atoms with Gasteiger partial charge in [-0.25, -0.2) is 9.78 Å². The van der Waals surface area contributed by atoms with Gasteiger partial charge in [-0.2, -0.15) is 0 Å². The number of hydrogen-bond acceptors (Lipinski definition) is 7. The number of carbonyl (C=O) groups excluding carboxylic acids is 1. The SMILES string of the molecule is CCCNC(=O)NCCN1CCN(c2ccc(OCC3COC(Cn4ccnc4)(c4ccc(Cl)cc4Cl)O3)cc2)CC1. The van der Waals surface area contributed by atoms with E-state index in [2.05, 4.69) is 37.6 Å². The number of carbonyl (C=O) groups is 1. The number of imidazole rings is 1. The standard InChI is InChI=1S/C30H38Cl2N6O4/c1-2-9-34-29(39)35-11-13-36-14-16-38(17-15-36)24-4-6-25(7-5-24)40-19-26-20-41-30(42-26,21-37-12-10-33-22-37)27-8-3-23(31)18-28(27)32/h3-8,10,12,18,22,26H,2,9,11,13-17,19-21H2,1H3,(H2,34,35,39). The van der Waals surface area contributed by atoms with Crippen LogP contribution in [0, 0.1) is 0 Å². The van der Waals surface area contributed by atoms with Crippen LogP contribution < -0.4 is 20.3 Å². The lowest BCUT2D eigenvalue weighted by molar-refractivity contribution is -0.189. The molecule has 2 amide bonds. The van der Waals surface area contributed by atoms with Crippen LogP contribution in [0.15, 0.2) is 61.2 Å². The molecule has 5 rings (SSSR count). The summed E-state index contributed by atoms with van der Waals surface area (Å²) >= 11 is 12.7. The zero-order valence-electron chi connectivity index (χ0n) is 23.8. The first kappa shape index (κ1) is 30.4. The first-order valence-corrected chi connectivity index (χ1v) is 15.1. The second-order valence-corrected chi connectivity index (χ2v) is 11.3. The minimum atomic E-state index is -1.08. The summed E-state index contributed by atoms with van der Waals surface area (Å²) in [5.41, 5.74) is 1.87. The van der Waals surface area contributed by atoms with E-state index in [4.69, 9.17) is 37.4 Å². The number of piperazine rings is 1. The lowest BCUT2D eigenvalue weighted by Crippen LogP contribution is -2.49. The number of aromatic nitrogens is 2. The molecule has 0 spiro atoms. The maximum absolute atomic E-state index is 11.7. The van der Waals surface area contributed by atoms with E-state index >= 15 is 0 Å². The van der Waals surface area contributed by atoms with Crippen molar-refractivity contribution in [2.75, 3.05) is 63.9 Å². The Morgan fingerprint density at radius 2 is 1.88 bits per heavy atom. The Hall–Kier alpha value is -3.02. The summed E-state index contributed by atoms with van der Waals surface area (Å²) in [5, 5.41) is 6.79. The lowest BCUT2D eigenvalue weighted by atomic mass is 10.1. The topological polar surface area (TPSA) is 93.1 Å². The Bertz CT molecular complexity index is 1290. The molecule has 1 aromatic heterocycles. The predicted molar refractivity (Wildman–Crippen MR) is 163 cm³/mol. The van der Waals surface area contributed by atoms with E-state index in [-0.39, 0.29) is 12.1 Å². The molecule has 2 aliphatic rings. The monoisotopic (exact) mass is 616 g/mol. The summed E-state index contributed by atoms with van der Waals surface area (Å²) < 4.78 is 20.7. The molecule has 10 nitrogen and oxygen atoms in total. The summed E-state index contributed by atoms with van der Waals surface area (Å²) in [5.74, 6) is -0.315. The summed E-state index contributed by atoms with van der Waals surface area (Å²) in [4.78, 5) is 20.6. The molecule has 0 aliphatic carbocycles. The number of ether oxygens (including phenoxy) is 3. The van der Waals surface area contributed by atoms with Gasteiger partial charge in [0.25, 0.3) is 0 Å². The van der Waals surface area contributed by atoms with Crippen LogP contribution in [0.3, 0.4) is 0 Å². The number of amides is 2. The number of nitrogens with zero attached hydrogens (tertiary/aromatic N) is 4. The van der Waals surface area contributed by atoms with Gasteiger partial charge in [-0.3, -0.25) is 4.90 Å². The fourth-order valence-corrected chi connectivity index (χ4v) is 5.73. The zero-order valence-corrected chi connectivity index (χ0v) is 25.3. The molecular formula is C30H38Cl2N6O4. The fourth-order valence-electron chi connectivity index (χ4n) is 5.18. The summed E-state index contributed by atoms with van der Waals surface area (Å²) in [7, 11) is 0. The van der Waals surface area contributed by atoms with Crippen LogP contribution >= 0.6 is 23.2 Å². The fraction of sp³-hybridized carbons (Fsp3) is 0.467. The van der Waals surface area contributed by atoms with Crippen molar-refractivity contribution >= 4 is 34.9 Å². The first-order chi connectivity index (χ1) is 20.4. The van der Waals surface area contributed by atoms with Crippen LogP contribution in [-0.4, -0.2) is 85.6 Å². The van der Waals surface area contributed by atoms with Crippen LogP contribution in [0.5, 0.6) is 5.75 Å². The van der Waals surface area contributed by atoms with E-state index in [9.17, 15) is 4.79 Å². The van der Waals surface area contributed by atoms with E-state index in [0.717, 1.165) is 50.6 Å². The molecule has 226 valence electrons. The quantitative estimate of drug-likeness (QED) is 0.312. The molecule has 2 saturated heterocycles. The number of hydrogen-bond donors (Lipinski definition) is 2. The van der Waals surface area contributed by atoms with Gasteiger partial charge in [-0.1, -0.05) is 36.2 Å². The Morgan fingerprint density at radius 3 is 2.60 bits per heavy atom. The predicted octanol–water partition coefficient (Wildman–Crippen LogP) is 4.37. The van der Waals surface area contributed by atoms with E-state index in [1.165, 1.54) is 0 Å². The molecule has 42 heavy (non-hydrogen) atoms. The van der Waals surface area contributed by atoms with Crippen molar-refractivity contribution in [3.05, 3.63) is 76.8 Å². The van der Waals surface area contributed by atoms with Crippen molar-refractivity contribution in [3.63, 3.8) is 0 Å². The normalized spacial score (nSPS) is 20.9. The van der Waals surface area contributed by atoms with Crippen LogP contribution in [-0.2, 0) is 21.8 Å². The molecule has 3 aromatic rings. The van der Waals surface area contributed by atoms with Gasteiger partial charge in [0.15, 0.2) is 0 Å². The van der Waals surface area contributed by atoms with Gasteiger partial charge in [0.2, 0.25) is 5.79 Å². The third-order valence-corrected chi connectivity index (χ3v) is 7.96. The highest BCUT2D eigenvalue weighted by atomic mass is 35.5. The van der Waals surface area contributed by atoms with Crippen molar-refractivity contribution in [2.24, 2.45) is 0 Å². The van der Waals surface area contributed by atoms with E-state index < -0.39 is 5.79 Å². The van der Waals surface area contributed by atoms with Crippen molar-refractivity contribution in [1.82, 2.24) is 25.1 Å². The molecule has 2 fully saturated rings. The van der Waals surface area contributed by atoms with Gasteiger partial charge in [0.1, 0.15) is 18.5 Å². The lowest BCUT2D eigenvalue weighted by Gasteiger charge is -2.36. The highest BCUT2D eigenvalue weighted by Gasteiger charge is 2.45. The molecule has 12 heteroatoms. The number of halogens is 2. The van der Waals surface area contributed by atoms with E-state index in [1.54, 1.807) is 24.7 Å². The summed E-state index contributed by atoms with van der Waals surface area (Å²) in [6.45, 7) is 9.08. The molecule has 2 aromatic carbocycles. The second kappa shape index (κ2) is 14.4. The van der Waals surface area contributed by atoms with E-state index in [1.807, 2.05) is 35.9 Å². The van der Waals surface area contributed by atoms with Gasteiger partial charge in [0.05, 0.1) is 24.5 Å². The van der Waals surface area contributed by atoms with Crippen LogP contribution in [0.25, 0.3) is 0 Å². The number of nitrogens with one attached hydrogen (secondary N) is 2. The first-order valence-electron chi connectivity index (χ1n) is 14.4. The average molecular weight is 618 g/mol. The summed E-state index contributed by atoms with van der Waals surface area (Å²) in [6, 6.07) is 13.4. The molecule has 0 radical (unpaired) electrons. The van der Waals surface area contributed by atoms with Crippen molar-refractivity contribution < 1.29 is 19.0 Å². The highest BCUT2D eigenvalue weighted by Crippen LogP contribution is 2.40. The average Bonchev–Trinajstić information content (AvgIpc) is 3.66. The molecule has 2 atom stereocenters. The zero-order chi connectivity index (χ0) is 29.4. The Labute approximate surface area is 256 Å². The Morgan fingerprint density at radius 1 is 1.10 bits per heavy atom.